The molecule has 1 heterocycles. The second-order valence-corrected chi connectivity index (χ2v) is 8.66. The molecule has 2 atom stereocenters. The zero-order valence-electron chi connectivity index (χ0n) is 15.1. The molecule has 1 aliphatic heterocycles. The largest absolute Gasteiger partial charge is 0.478 e. The van der Waals surface area contributed by atoms with Crippen LogP contribution in [0.2, 0.25) is 5.02 Å². The molecule has 154 valence electrons. The van der Waals surface area contributed by atoms with E-state index in [4.69, 9.17) is 16.7 Å². The van der Waals surface area contributed by atoms with Crippen molar-refractivity contribution in [3.8, 4) is 0 Å². The summed E-state index contributed by atoms with van der Waals surface area (Å²) < 4.78 is 41.6. The number of carboxylic acid groups (broad SMARTS) is 1. The molecule has 1 aliphatic rings. The number of amides is 1. The van der Waals surface area contributed by atoms with Crippen molar-refractivity contribution in [2.45, 2.75) is 18.5 Å². The Hall–Kier alpha value is -2.53. The van der Waals surface area contributed by atoms with Crippen molar-refractivity contribution in [1.82, 2.24) is 9.03 Å². The van der Waals surface area contributed by atoms with E-state index in [9.17, 15) is 22.4 Å². The summed E-state index contributed by atoms with van der Waals surface area (Å²) in [7, 11) is -2.69. The van der Waals surface area contributed by atoms with Crippen LogP contribution >= 0.6 is 11.6 Å². The van der Waals surface area contributed by atoms with Crippen LogP contribution in [0.4, 0.5) is 10.1 Å². The van der Waals surface area contributed by atoms with Crippen LogP contribution in [-0.2, 0) is 15.0 Å². The summed E-state index contributed by atoms with van der Waals surface area (Å²) in [6.07, 6.45) is 0.100. The lowest BCUT2D eigenvalue weighted by Crippen LogP contribution is -2.55. The number of benzene rings is 2. The summed E-state index contributed by atoms with van der Waals surface area (Å²) in [4.78, 5) is 23.7. The van der Waals surface area contributed by atoms with Gasteiger partial charge < -0.3 is 10.4 Å². The van der Waals surface area contributed by atoms with Crippen molar-refractivity contribution < 1.29 is 27.5 Å². The first-order valence-corrected chi connectivity index (χ1v) is 10.2. The minimum atomic E-state index is -3.97. The second-order valence-electron chi connectivity index (χ2n) is 6.49. The highest BCUT2D eigenvalue weighted by molar-refractivity contribution is 7.87. The number of rotatable bonds is 4. The van der Waals surface area contributed by atoms with Gasteiger partial charge in [-0.25, -0.2) is 9.18 Å². The van der Waals surface area contributed by atoms with Gasteiger partial charge in [-0.2, -0.15) is 17.4 Å². The predicted octanol–water partition coefficient (Wildman–Crippen LogP) is 2.40. The fourth-order valence-corrected chi connectivity index (χ4v) is 4.44. The lowest BCUT2D eigenvalue weighted by atomic mass is 9.98. The second kappa shape index (κ2) is 8.07. The summed E-state index contributed by atoms with van der Waals surface area (Å²) in [5, 5.41) is 11.4. The molecule has 1 amide bonds. The number of carboxylic acids is 1. The highest BCUT2D eigenvalue weighted by atomic mass is 35.5. The Labute approximate surface area is 171 Å². The Morgan fingerprint density at radius 3 is 2.48 bits per heavy atom. The van der Waals surface area contributed by atoms with Crippen molar-refractivity contribution in [3.05, 3.63) is 64.4 Å². The zero-order valence-corrected chi connectivity index (χ0v) is 16.7. The Bertz CT molecular complexity index is 1060. The van der Waals surface area contributed by atoms with Crippen LogP contribution in [0.3, 0.4) is 0 Å². The molecule has 0 aromatic heterocycles. The maximum atomic E-state index is 13.3. The van der Waals surface area contributed by atoms with Crippen molar-refractivity contribution >= 4 is 39.4 Å². The van der Waals surface area contributed by atoms with Gasteiger partial charge in [0.2, 0.25) is 5.91 Å². The van der Waals surface area contributed by atoms with E-state index in [1.54, 1.807) is 0 Å². The van der Waals surface area contributed by atoms with Gasteiger partial charge in [0.05, 0.1) is 10.6 Å². The van der Waals surface area contributed by atoms with E-state index in [2.05, 4.69) is 10.0 Å². The van der Waals surface area contributed by atoms with E-state index >= 15 is 0 Å². The first kappa shape index (κ1) is 21.2. The predicted molar refractivity (Wildman–Crippen MR) is 104 cm³/mol. The topological polar surface area (TPSA) is 116 Å². The molecule has 0 unspecified atom stereocenters. The normalized spacial score (nSPS) is 21.5. The summed E-state index contributed by atoms with van der Waals surface area (Å²) in [6, 6.07) is 7.57. The number of nitrogens with zero attached hydrogens (tertiary/aromatic N) is 1. The lowest BCUT2D eigenvalue weighted by molar-refractivity contribution is -0.120. The van der Waals surface area contributed by atoms with Crippen LogP contribution in [0.15, 0.2) is 42.5 Å². The van der Waals surface area contributed by atoms with Crippen LogP contribution in [0.5, 0.6) is 0 Å². The minimum Gasteiger partial charge on any atom is -0.478 e. The molecule has 0 spiro atoms. The number of likely N-dealkylation sites (N-methyl/N-ethyl adjacent to an activating group) is 1. The molecule has 3 N–H and O–H groups in total. The van der Waals surface area contributed by atoms with Gasteiger partial charge in [0.15, 0.2) is 0 Å². The summed E-state index contributed by atoms with van der Waals surface area (Å²) in [6.45, 7) is 0. The summed E-state index contributed by atoms with van der Waals surface area (Å²) in [5.74, 6) is -2.35. The lowest BCUT2D eigenvalue weighted by Gasteiger charge is -2.36. The number of anilines is 1. The van der Waals surface area contributed by atoms with Crippen LogP contribution in [0.1, 0.15) is 28.4 Å². The number of hydrogen-bond acceptors (Lipinski definition) is 4. The molecule has 11 heteroatoms. The van der Waals surface area contributed by atoms with Crippen LogP contribution in [0.25, 0.3) is 0 Å². The molecule has 29 heavy (non-hydrogen) atoms. The van der Waals surface area contributed by atoms with Gasteiger partial charge in [0, 0.05) is 18.8 Å². The molecule has 0 radical (unpaired) electrons. The van der Waals surface area contributed by atoms with Gasteiger partial charge in [-0.1, -0.05) is 23.7 Å². The van der Waals surface area contributed by atoms with E-state index < -0.39 is 40.0 Å². The van der Waals surface area contributed by atoms with Gasteiger partial charge >= 0.3 is 5.97 Å². The van der Waals surface area contributed by atoms with E-state index in [0.29, 0.717) is 5.56 Å². The monoisotopic (exact) mass is 441 g/mol. The Morgan fingerprint density at radius 1 is 1.24 bits per heavy atom. The van der Waals surface area contributed by atoms with E-state index in [1.807, 2.05) is 0 Å². The Kier molecular flexibility index (Phi) is 5.90. The van der Waals surface area contributed by atoms with Gasteiger partial charge in [-0.3, -0.25) is 4.79 Å². The van der Waals surface area contributed by atoms with Crippen LogP contribution in [-0.4, -0.2) is 42.8 Å². The van der Waals surface area contributed by atoms with Crippen molar-refractivity contribution in [2.24, 2.45) is 0 Å². The minimum absolute atomic E-state index is 0.0621. The highest BCUT2D eigenvalue weighted by Gasteiger charge is 2.40. The number of carbonyl (C=O) groups excluding carboxylic acids is 1. The van der Waals surface area contributed by atoms with Gasteiger partial charge in [-0.15, -0.1) is 0 Å². The molecule has 0 saturated carbocycles. The highest BCUT2D eigenvalue weighted by Crippen LogP contribution is 2.29. The molecule has 0 aliphatic carbocycles. The molecule has 2 aromatic carbocycles. The van der Waals surface area contributed by atoms with Gasteiger partial charge in [-0.05, 0) is 42.3 Å². The summed E-state index contributed by atoms with van der Waals surface area (Å²) >= 11 is 5.71. The van der Waals surface area contributed by atoms with Crippen LogP contribution in [0, 0.1) is 5.82 Å². The van der Waals surface area contributed by atoms with Gasteiger partial charge in [0.1, 0.15) is 11.9 Å². The Balaban J connectivity index is 1.84. The van der Waals surface area contributed by atoms with E-state index in [1.165, 1.54) is 43.4 Å². The molecular weight excluding hydrogens is 425 g/mol. The number of hydrogen-bond donors (Lipinski definition) is 3. The number of nitrogens with one attached hydrogen (secondary N) is 2. The van der Waals surface area contributed by atoms with E-state index in [0.717, 1.165) is 10.4 Å². The molecular formula is C18H17ClFN3O5S. The fourth-order valence-electron chi connectivity index (χ4n) is 2.98. The van der Waals surface area contributed by atoms with Crippen molar-refractivity contribution in [2.75, 3.05) is 12.4 Å². The third-order valence-electron chi connectivity index (χ3n) is 4.62. The van der Waals surface area contributed by atoms with Crippen LogP contribution < -0.4 is 10.0 Å². The molecule has 1 saturated heterocycles. The SMILES string of the molecule is CN1[C@@H](C(=O)Nc2ccc(F)c(Cl)c2)C[C@@H](c2ccc(C(=O)O)cc2)NS1(=O)=O. The molecule has 0 bridgehead atoms. The standard InChI is InChI=1S/C18H17ClFN3O5S/c1-23-16(17(24)21-12-6-7-14(20)13(19)8-12)9-15(22-29(23,27)28)10-2-4-11(5-3-10)18(25)26/h2-8,15-16,22H,9H2,1H3,(H,21,24)(H,25,26)/t15-,16+/m0/s1. The summed E-state index contributed by atoms with van der Waals surface area (Å²) in [5.41, 5.74) is 0.814. The number of aromatic carboxylic acids is 1. The first-order valence-electron chi connectivity index (χ1n) is 8.43. The molecule has 3 rings (SSSR count). The van der Waals surface area contributed by atoms with Gasteiger partial charge in [0.25, 0.3) is 10.2 Å². The Morgan fingerprint density at radius 2 is 1.90 bits per heavy atom. The maximum absolute atomic E-state index is 13.3. The van der Waals surface area contributed by atoms with E-state index in [-0.39, 0.29) is 22.7 Å². The number of halogens is 2. The maximum Gasteiger partial charge on any atom is 0.335 e. The molecule has 1 fully saturated rings. The molecule has 8 nitrogen and oxygen atoms in total. The quantitative estimate of drug-likeness (QED) is 0.673. The average Bonchev–Trinajstić information content (AvgIpc) is 2.66. The molecule has 2 aromatic rings. The zero-order chi connectivity index (χ0) is 21.3. The fraction of sp³-hybridized carbons (Fsp3) is 0.222. The van der Waals surface area contributed by atoms with Crippen molar-refractivity contribution in [3.63, 3.8) is 0 Å². The van der Waals surface area contributed by atoms with Crippen molar-refractivity contribution in [1.29, 1.82) is 0 Å². The number of carbonyl (C=O) groups is 2. The smallest absolute Gasteiger partial charge is 0.335 e. The first-order chi connectivity index (χ1) is 13.6. The third-order valence-corrected chi connectivity index (χ3v) is 6.50. The average molecular weight is 442 g/mol. The third kappa shape index (κ3) is 4.56.